The van der Waals surface area contributed by atoms with E-state index in [1.165, 1.54) is 23.8 Å². The third-order valence-corrected chi connectivity index (χ3v) is 6.84. The fourth-order valence-electron chi connectivity index (χ4n) is 3.85. The van der Waals surface area contributed by atoms with Gasteiger partial charge in [0, 0.05) is 5.69 Å². The Hall–Kier alpha value is -4.90. The van der Waals surface area contributed by atoms with Crippen molar-refractivity contribution in [1.29, 1.82) is 0 Å². The van der Waals surface area contributed by atoms with Crippen molar-refractivity contribution in [2.75, 3.05) is 16.8 Å². The van der Waals surface area contributed by atoms with Crippen LogP contribution in [0.1, 0.15) is 47.2 Å². The highest BCUT2D eigenvalue weighted by molar-refractivity contribution is 7.15. The van der Waals surface area contributed by atoms with Gasteiger partial charge in [-0.15, -0.1) is 10.2 Å². The van der Waals surface area contributed by atoms with Gasteiger partial charge in [-0.2, -0.15) is 0 Å². The van der Waals surface area contributed by atoms with Crippen LogP contribution in [-0.2, 0) is 9.53 Å². The van der Waals surface area contributed by atoms with Gasteiger partial charge >= 0.3 is 5.97 Å². The predicted octanol–water partition coefficient (Wildman–Crippen LogP) is 4.85. The van der Waals surface area contributed by atoms with E-state index < -0.39 is 30.3 Å². The van der Waals surface area contributed by atoms with Gasteiger partial charge in [-0.25, -0.2) is 9.69 Å². The standard InChI is InChI=1S/C28H22N4O6S/c1-15-4-8-21(12-16(15)2)38-20-9-6-19(7-10-20)29-24(33)14-37-27(36)18-5-11-22-23(13-18)26(35)32(25(22)34)28-31-30-17(3)39-28/h4-13H,14H2,1-3H3,(H,29,33). The van der Waals surface area contributed by atoms with Crippen molar-refractivity contribution in [3.8, 4) is 11.5 Å². The molecule has 3 amide bonds. The van der Waals surface area contributed by atoms with Gasteiger partial charge < -0.3 is 14.8 Å². The molecule has 0 saturated carbocycles. The first-order chi connectivity index (χ1) is 18.7. The molecule has 1 aromatic heterocycles. The van der Waals surface area contributed by atoms with E-state index in [-0.39, 0.29) is 21.8 Å². The van der Waals surface area contributed by atoms with E-state index in [1.807, 2.05) is 32.0 Å². The van der Waals surface area contributed by atoms with Crippen LogP contribution in [0, 0.1) is 20.8 Å². The lowest BCUT2D eigenvalue weighted by Gasteiger charge is -2.10. The Kier molecular flexibility index (Phi) is 6.90. The average molecular weight is 543 g/mol. The van der Waals surface area contributed by atoms with Crippen molar-refractivity contribution in [3.05, 3.63) is 93.5 Å². The number of fused-ring (bicyclic) bond motifs is 1. The number of nitrogens with one attached hydrogen (secondary N) is 1. The summed E-state index contributed by atoms with van der Waals surface area (Å²) in [7, 11) is 0. The number of hydrogen-bond acceptors (Lipinski definition) is 9. The molecule has 5 rings (SSSR count). The number of ether oxygens (including phenoxy) is 2. The SMILES string of the molecule is Cc1nnc(N2C(=O)c3ccc(C(=O)OCC(=O)Nc4ccc(Oc5ccc(C)c(C)c5)cc4)cc3C2=O)s1. The van der Waals surface area contributed by atoms with Gasteiger partial charge in [0.05, 0.1) is 16.7 Å². The number of carbonyl (C=O) groups is 4. The molecule has 1 aliphatic rings. The van der Waals surface area contributed by atoms with Gasteiger partial charge in [0.15, 0.2) is 6.61 Å². The minimum atomic E-state index is -0.810. The maximum absolute atomic E-state index is 12.8. The van der Waals surface area contributed by atoms with Crippen molar-refractivity contribution < 1.29 is 28.7 Å². The number of aromatic nitrogens is 2. The number of hydrogen-bond donors (Lipinski definition) is 1. The van der Waals surface area contributed by atoms with E-state index in [2.05, 4.69) is 15.5 Å². The molecule has 0 aliphatic carbocycles. The van der Waals surface area contributed by atoms with Gasteiger partial charge in [0.2, 0.25) is 5.13 Å². The van der Waals surface area contributed by atoms with Gasteiger partial charge in [0.25, 0.3) is 17.7 Å². The normalized spacial score (nSPS) is 12.3. The molecule has 0 bridgehead atoms. The summed E-state index contributed by atoms with van der Waals surface area (Å²) in [4.78, 5) is 51.4. The third kappa shape index (κ3) is 5.39. The Morgan fingerprint density at radius 3 is 2.26 bits per heavy atom. The van der Waals surface area contributed by atoms with Crippen molar-refractivity contribution in [2.24, 2.45) is 0 Å². The number of imide groups is 1. The van der Waals surface area contributed by atoms with E-state index in [9.17, 15) is 19.2 Å². The molecule has 0 unspecified atom stereocenters. The maximum Gasteiger partial charge on any atom is 0.338 e. The van der Waals surface area contributed by atoms with Crippen molar-refractivity contribution >= 4 is 45.8 Å². The molecule has 10 nitrogen and oxygen atoms in total. The van der Waals surface area contributed by atoms with E-state index in [4.69, 9.17) is 9.47 Å². The zero-order valence-electron chi connectivity index (χ0n) is 21.2. The minimum absolute atomic E-state index is 0.0332. The summed E-state index contributed by atoms with van der Waals surface area (Å²) in [5.74, 6) is -1.19. The van der Waals surface area contributed by atoms with Gasteiger partial charge in [-0.1, -0.05) is 17.4 Å². The van der Waals surface area contributed by atoms with E-state index in [1.54, 1.807) is 31.2 Å². The molecule has 196 valence electrons. The number of esters is 1. The van der Waals surface area contributed by atoms with Crippen LogP contribution in [0.4, 0.5) is 10.8 Å². The molecule has 0 fully saturated rings. The second kappa shape index (κ2) is 10.5. The molecule has 11 heteroatoms. The number of carbonyl (C=O) groups excluding carboxylic acids is 4. The van der Waals surface area contributed by atoms with Crippen molar-refractivity contribution in [3.63, 3.8) is 0 Å². The van der Waals surface area contributed by atoms with Crippen LogP contribution >= 0.6 is 11.3 Å². The highest BCUT2D eigenvalue weighted by atomic mass is 32.1. The second-order valence-corrected chi connectivity index (χ2v) is 9.97. The van der Waals surface area contributed by atoms with E-state index in [0.717, 1.165) is 21.8 Å². The first-order valence-electron chi connectivity index (χ1n) is 11.8. The van der Waals surface area contributed by atoms with Crippen LogP contribution in [0.15, 0.2) is 60.7 Å². The summed E-state index contributed by atoms with van der Waals surface area (Å²) in [5, 5.41) is 11.1. The smallest absolute Gasteiger partial charge is 0.338 e. The highest BCUT2D eigenvalue weighted by Gasteiger charge is 2.39. The Morgan fingerprint density at radius 2 is 1.56 bits per heavy atom. The molecule has 39 heavy (non-hydrogen) atoms. The fourth-order valence-corrected chi connectivity index (χ4v) is 4.53. The predicted molar refractivity (Wildman–Crippen MR) is 144 cm³/mol. The fraction of sp³-hybridized carbons (Fsp3) is 0.143. The van der Waals surface area contributed by atoms with Crippen LogP contribution in [0.25, 0.3) is 0 Å². The molecule has 3 aromatic carbocycles. The summed E-state index contributed by atoms with van der Waals surface area (Å²) in [5.41, 5.74) is 3.02. The number of anilines is 2. The summed E-state index contributed by atoms with van der Waals surface area (Å²) in [6, 6.07) is 16.6. The van der Waals surface area contributed by atoms with E-state index >= 15 is 0 Å². The molecule has 0 radical (unpaired) electrons. The Balaban J connectivity index is 1.17. The first kappa shape index (κ1) is 25.7. The Labute approximate surface area is 227 Å². The summed E-state index contributed by atoms with van der Waals surface area (Å²) in [6.07, 6.45) is 0. The maximum atomic E-state index is 12.8. The number of amides is 3. The molecular formula is C28H22N4O6S. The molecule has 4 aromatic rings. The third-order valence-electron chi connectivity index (χ3n) is 6.02. The zero-order valence-corrected chi connectivity index (χ0v) is 22.0. The van der Waals surface area contributed by atoms with E-state index in [0.29, 0.717) is 22.2 Å². The van der Waals surface area contributed by atoms with Gasteiger partial charge in [-0.3, -0.25) is 14.4 Å². The molecule has 0 saturated heterocycles. The van der Waals surface area contributed by atoms with Crippen LogP contribution < -0.4 is 15.0 Å². The summed E-state index contributed by atoms with van der Waals surface area (Å²) < 4.78 is 11.0. The van der Waals surface area contributed by atoms with Crippen molar-refractivity contribution in [1.82, 2.24) is 10.2 Å². The Bertz CT molecular complexity index is 1630. The lowest BCUT2D eigenvalue weighted by Crippen LogP contribution is -2.29. The summed E-state index contributed by atoms with van der Waals surface area (Å²) in [6.45, 7) is 5.20. The molecule has 1 N–H and O–H groups in total. The average Bonchev–Trinajstić information content (AvgIpc) is 3.45. The van der Waals surface area contributed by atoms with Crippen molar-refractivity contribution in [2.45, 2.75) is 20.8 Å². The second-order valence-electron chi connectivity index (χ2n) is 8.81. The van der Waals surface area contributed by atoms with Crippen LogP contribution in [0.5, 0.6) is 11.5 Å². The number of rotatable bonds is 7. The monoisotopic (exact) mass is 542 g/mol. The molecule has 0 atom stereocenters. The molecular weight excluding hydrogens is 520 g/mol. The molecule has 0 spiro atoms. The lowest BCUT2D eigenvalue weighted by atomic mass is 10.1. The highest BCUT2D eigenvalue weighted by Crippen LogP contribution is 2.31. The number of aryl methyl sites for hydroxylation is 3. The molecule has 2 heterocycles. The molecule has 1 aliphatic heterocycles. The zero-order chi connectivity index (χ0) is 27.7. The first-order valence-corrected chi connectivity index (χ1v) is 12.7. The number of nitrogens with zero attached hydrogens (tertiary/aromatic N) is 3. The lowest BCUT2D eigenvalue weighted by molar-refractivity contribution is -0.119. The summed E-state index contributed by atoms with van der Waals surface area (Å²) >= 11 is 1.11. The quantitative estimate of drug-likeness (QED) is 0.259. The Morgan fingerprint density at radius 1 is 0.846 bits per heavy atom. The van der Waals surface area contributed by atoms with Gasteiger partial charge in [-0.05, 0) is 86.5 Å². The van der Waals surface area contributed by atoms with Crippen LogP contribution in [0.2, 0.25) is 0 Å². The number of benzene rings is 3. The topological polar surface area (TPSA) is 128 Å². The van der Waals surface area contributed by atoms with Gasteiger partial charge in [0.1, 0.15) is 16.5 Å². The minimum Gasteiger partial charge on any atom is -0.457 e. The largest absolute Gasteiger partial charge is 0.457 e. The van der Waals surface area contributed by atoms with Crippen LogP contribution in [-0.4, -0.2) is 40.5 Å². The van der Waals surface area contributed by atoms with Crippen LogP contribution in [0.3, 0.4) is 0 Å².